The Morgan fingerprint density at radius 3 is 2.67 bits per heavy atom. The van der Waals surface area contributed by atoms with Crippen molar-refractivity contribution in [3.63, 3.8) is 0 Å². The van der Waals surface area contributed by atoms with Crippen LogP contribution in [0, 0.1) is 5.41 Å². The molecule has 114 valence electrons. The van der Waals surface area contributed by atoms with Gasteiger partial charge in [0.15, 0.2) is 0 Å². The van der Waals surface area contributed by atoms with Gasteiger partial charge in [-0.2, -0.15) is 0 Å². The SMILES string of the molecule is C[C@H](N(C)Cc1cc(=O)n2cc(Cl)ccc2n1)C(C)(C)C. The Hall–Kier alpha value is -1.39. The van der Waals surface area contributed by atoms with E-state index < -0.39 is 0 Å². The molecule has 0 fully saturated rings. The number of pyridine rings is 1. The second kappa shape index (κ2) is 5.78. The van der Waals surface area contributed by atoms with Gasteiger partial charge in [-0.1, -0.05) is 32.4 Å². The van der Waals surface area contributed by atoms with Crippen LogP contribution in [0.2, 0.25) is 5.02 Å². The lowest BCUT2D eigenvalue weighted by Crippen LogP contribution is -2.39. The molecule has 0 aliphatic rings. The molecular formula is C16H22ClN3O. The van der Waals surface area contributed by atoms with Crippen LogP contribution in [0.1, 0.15) is 33.4 Å². The van der Waals surface area contributed by atoms with Crippen molar-refractivity contribution in [1.29, 1.82) is 0 Å². The summed E-state index contributed by atoms with van der Waals surface area (Å²) in [5.41, 5.74) is 1.47. The summed E-state index contributed by atoms with van der Waals surface area (Å²) in [5.74, 6) is 0. The predicted molar refractivity (Wildman–Crippen MR) is 86.9 cm³/mol. The van der Waals surface area contributed by atoms with E-state index in [9.17, 15) is 4.79 Å². The largest absolute Gasteiger partial charge is 0.297 e. The van der Waals surface area contributed by atoms with E-state index in [2.05, 4.69) is 44.6 Å². The number of halogens is 1. The standard InChI is InChI=1S/C16H22ClN3O/c1-11(16(2,3)4)19(5)10-13-8-15(21)20-9-12(17)6-7-14(20)18-13/h6-9,11H,10H2,1-5H3/t11-/m0/s1. The fourth-order valence-electron chi connectivity index (χ4n) is 2.26. The van der Waals surface area contributed by atoms with Crippen molar-refractivity contribution in [2.45, 2.75) is 40.3 Å². The molecule has 0 radical (unpaired) electrons. The minimum atomic E-state index is -0.102. The summed E-state index contributed by atoms with van der Waals surface area (Å²) >= 11 is 5.91. The summed E-state index contributed by atoms with van der Waals surface area (Å²) in [6.07, 6.45) is 1.59. The zero-order valence-electron chi connectivity index (χ0n) is 13.2. The average molecular weight is 308 g/mol. The molecule has 2 aromatic rings. The molecule has 0 N–H and O–H groups in total. The lowest BCUT2D eigenvalue weighted by atomic mass is 9.87. The van der Waals surface area contributed by atoms with Gasteiger partial charge in [0.2, 0.25) is 0 Å². The first-order chi connectivity index (χ1) is 9.68. The maximum atomic E-state index is 12.1. The molecule has 0 aliphatic heterocycles. The van der Waals surface area contributed by atoms with Crippen LogP contribution in [0.15, 0.2) is 29.2 Å². The van der Waals surface area contributed by atoms with Crippen molar-refractivity contribution in [1.82, 2.24) is 14.3 Å². The van der Waals surface area contributed by atoms with Crippen molar-refractivity contribution in [3.8, 4) is 0 Å². The molecule has 0 aromatic carbocycles. The summed E-state index contributed by atoms with van der Waals surface area (Å²) in [5, 5.41) is 0.526. The van der Waals surface area contributed by atoms with Gasteiger partial charge in [0.1, 0.15) is 5.65 Å². The van der Waals surface area contributed by atoms with Crippen molar-refractivity contribution in [3.05, 3.63) is 45.5 Å². The number of rotatable bonds is 3. The summed E-state index contributed by atoms with van der Waals surface area (Å²) < 4.78 is 1.47. The minimum Gasteiger partial charge on any atom is -0.297 e. The highest BCUT2D eigenvalue weighted by Crippen LogP contribution is 2.23. The lowest BCUT2D eigenvalue weighted by molar-refractivity contribution is 0.133. The van der Waals surface area contributed by atoms with E-state index >= 15 is 0 Å². The van der Waals surface area contributed by atoms with Crippen molar-refractivity contribution >= 4 is 17.2 Å². The van der Waals surface area contributed by atoms with Crippen molar-refractivity contribution in [2.75, 3.05) is 7.05 Å². The molecule has 0 bridgehead atoms. The summed E-state index contributed by atoms with van der Waals surface area (Å²) in [4.78, 5) is 18.9. The minimum absolute atomic E-state index is 0.102. The fourth-order valence-corrected chi connectivity index (χ4v) is 2.42. The average Bonchev–Trinajstić information content (AvgIpc) is 2.37. The van der Waals surface area contributed by atoms with Gasteiger partial charge in [-0.15, -0.1) is 0 Å². The van der Waals surface area contributed by atoms with Gasteiger partial charge in [0.05, 0.1) is 10.7 Å². The molecule has 1 atom stereocenters. The molecule has 0 unspecified atom stereocenters. The molecule has 2 aromatic heterocycles. The van der Waals surface area contributed by atoms with E-state index in [4.69, 9.17) is 11.6 Å². The molecule has 4 nitrogen and oxygen atoms in total. The van der Waals surface area contributed by atoms with Gasteiger partial charge in [0.25, 0.3) is 5.56 Å². The van der Waals surface area contributed by atoms with Gasteiger partial charge < -0.3 is 0 Å². The first kappa shape index (κ1) is 16.0. The van der Waals surface area contributed by atoms with Crippen LogP contribution in [0.5, 0.6) is 0 Å². The van der Waals surface area contributed by atoms with Crippen LogP contribution in [0.25, 0.3) is 5.65 Å². The molecule has 21 heavy (non-hydrogen) atoms. The van der Waals surface area contributed by atoms with Crippen LogP contribution >= 0.6 is 11.6 Å². The van der Waals surface area contributed by atoms with Crippen LogP contribution in [0.3, 0.4) is 0 Å². The monoisotopic (exact) mass is 307 g/mol. The molecule has 0 aliphatic carbocycles. The highest BCUT2D eigenvalue weighted by atomic mass is 35.5. The number of aromatic nitrogens is 2. The summed E-state index contributed by atoms with van der Waals surface area (Å²) in [6, 6.07) is 5.47. The third kappa shape index (κ3) is 3.63. The smallest absolute Gasteiger partial charge is 0.258 e. The molecule has 0 amide bonds. The Morgan fingerprint density at radius 2 is 2.05 bits per heavy atom. The van der Waals surface area contributed by atoms with E-state index in [0.29, 0.717) is 23.3 Å². The third-order valence-electron chi connectivity index (χ3n) is 4.00. The summed E-state index contributed by atoms with van der Waals surface area (Å²) in [7, 11) is 2.06. The van der Waals surface area contributed by atoms with E-state index in [1.165, 1.54) is 4.40 Å². The second-order valence-corrected chi connectivity index (χ2v) is 7.05. The molecule has 0 saturated carbocycles. The van der Waals surface area contributed by atoms with Crippen LogP contribution in [-0.4, -0.2) is 27.4 Å². The highest BCUT2D eigenvalue weighted by Gasteiger charge is 2.24. The number of fused-ring (bicyclic) bond motifs is 1. The normalized spacial score (nSPS) is 13.9. The van der Waals surface area contributed by atoms with Gasteiger partial charge >= 0.3 is 0 Å². The number of hydrogen-bond acceptors (Lipinski definition) is 3. The van der Waals surface area contributed by atoms with E-state index in [0.717, 1.165) is 5.69 Å². The Bertz CT molecular complexity index is 703. The first-order valence-corrected chi connectivity index (χ1v) is 7.44. The molecule has 0 spiro atoms. The topological polar surface area (TPSA) is 37.6 Å². The van der Waals surface area contributed by atoms with E-state index in [1.54, 1.807) is 24.4 Å². The van der Waals surface area contributed by atoms with Crippen LogP contribution < -0.4 is 5.56 Å². The summed E-state index contributed by atoms with van der Waals surface area (Å²) in [6.45, 7) is 9.46. The first-order valence-electron chi connectivity index (χ1n) is 7.06. The molecule has 2 rings (SSSR count). The van der Waals surface area contributed by atoms with Crippen LogP contribution in [-0.2, 0) is 6.54 Å². The van der Waals surface area contributed by atoms with Gasteiger partial charge in [-0.05, 0) is 31.5 Å². The van der Waals surface area contributed by atoms with Gasteiger partial charge in [-0.25, -0.2) is 4.98 Å². The van der Waals surface area contributed by atoms with E-state index in [1.807, 2.05) is 0 Å². The van der Waals surface area contributed by atoms with Gasteiger partial charge in [0, 0.05) is 24.8 Å². The molecule has 2 heterocycles. The Kier molecular flexibility index (Phi) is 4.40. The Balaban J connectivity index is 2.32. The molecule has 5 heteroatoms. The zero-order chi connectivity index (χ0) is 15.8. The van der Waals surface area contributed by atoms with Crippen LogP contribution in [0.4, 0.5) is 0 Å². The fraction of sp³-hybridized carbons (Fsp3) is 0.500. The third-order valence-corrected chi connectivity index (χ3v) is 4.23. The number of nitrogens with zero attached hydrogens (tertiary/aromatic N) is 3. The quantitative estimate of drug-likeness (QED) is 0.874. The predicted octanol–water partition coefficient (Wildman–Crippen LogP) is 3.21. The lowest BCUT2D eigenvalue weighted by Gasteiger charge is -2.35. The molecule has 0 saturated heterocycles. The number of hydrogen-bond donors (Lipinski definition) is 0. The molecular weight excluding hydrogens is 286 g/mol. The van der Waals surface area contributed by atoms with Crippen molar-refractivity contribution in [2.24, 2.45) is 5.41 Å². The maximum Gasteiger partial charge on any atom is 0.258 e. The van der Waals surface area contributed by atoms with Gasteiger partial charge in [-0.3, -0.25) is 14.1 Å². The zero-order valence-corrected chi connectivity index (χ0v) is 14.0. The van der Waals surface area contributed by atoms with E-state index in [-0.39, 0.29) is 11.0 Å². The second-order valence-electron chi connectivity index (χ2n) is 6.62. The highest BCUT2D eigenvalue weighted by molar-refractivity contribution is 6.30. The van der Waals surface area contributed by atoms with Crippen molar-refractivity contribution < 1.29 is 0 Å². The maximum absolute atomic E-state index is 12.1. The Labute approximate surface area is 130 Å². The Morgan fingerprint density at radius 1 is 1.38 bits per heavy atom.